The second kappa shape index (κ2) is 10.5. The lowest BCUT2D eigenvalue weighted by Crippen LogP contribution is -2.32. The monoisotopic (exact) mass is 538 g/mol. The van der Waals surface area contributed by atoms with Crippen LogP contribution in [0.15, 0.2) is 46.9 Å². The molecule has 2 atom stereocenters. The maximum absolute atomic E-state index is 13.4. The zero-order valence-electron chi connectivity index (χ0n) is 21.3. The number of furan rings is 1. The summed E-state index contributed by atoms with van der Waals surface area (Å²) >= 11 is 0. The van der Waals surface area contributed by atoms with Crippen LogP contribution in [-0.2, 0) is 10.0 Å². The van der Waals surface area contributed by atoms with Gasteiger partial charge in [-0.1, -0.05) is 6.07 Å². The average Bonchev–Trinajstić information content (AvgIpc) is 3.52. The molecule has 4 rings (SSSR count). The SMILES string of the molecule is COc1cccc(OC)c1-n1c(NS(=O)(=O)C(C)C(O)c2ccc(C#N)c(C)n2)nnc1-c1ccc(C)o1. The first-order valence-corrected chi connectivity index (χ1v) is 13.0. The molecule has 0 fully saturated rings. The van der Waals surface area contributed by atoms with Crippen molar-refractivity contribution in [2.45, 2.75) is 32.1 Å². The first-order valence-electron chi connectivity index (χ1n) is 11.4. The van der Waals surface area contributed by atoms with Gasteiger partial charge in [0.25, 0.3) is 0 Å². The topological polar surface area (TPSA) is 165 Å². The van der Waals surface area contributed by atoms with Gasteiger partial charge in [-0.05, 0) is 57.2 Å². The number of anilines is 1. The first kappa shape index (κ1) is 26.6. The van der Waals surface area contributed by atoms with Crippen molar-refractivity contribution < 1.29 is 27.4 Å². The second-order valence-electron chi connectivity index (χ2n) is 8.38. The number of methoxy groups -OCH3 is 2. The first-order chi connectivity index (χ1) is 18.1. The summed E-state index contributed by atoms with van der Waals surface area (Å²) in [6, 6.07) is 13.4. The number of hydrogen-bond acceptors (Lipinski definition) is 10. The van der Waals surface area contributed by atoms with E-state index in [0.29, 0.717) is 40.0 Å². The number of nitrogens with one attached hydrogen (secondary N) is 1. The lowest BCUT2D eigenvalue weighted by atomic mass is 10.1. The van der Waals surface area contributed by atoms with E-state index in [1.165, 1.54) is 37.8 Å². The summed E-state index contributed by atoms with van der Waals surface area (Å²) in [6.45, 7) is 4.70. The van der Waals surface area contributed by atoms with E-state index in [2.05, 4.69) is 19.9 Å². The van der Waals surface area contributed by atoms with Gasteiger partial charge in [0, 0.05) is 0 Å². The minimum Gasteiger partial charge on any atom is -0.494 e. The van der Waals surface area contributed by atoms with Crippen molar-refractivity contribution in [2.75, 3.05) is 18.9 Å². The Morgan fingerprint density at radius 2 is 1.76 bits per heavy atom. The fourth-order valence-corrected chi connectivity index (χ4v) is 4.87. The predicted octanol–water partition coefficient (Wildman–Crippen LogP) is 3.29. The van der Waals surface area contributed by atoms with Crippen LogP contribution >= 0.6 is 0 Å². The maximum atomic E-state index is 13.4. The van der Waals surface area contributed by atoms with Gasteiger partial charge < -0.3 is 19.0 Å². The molecular formula is C25H26N6O6S. The molecule has 3 aromatic heterocycles. The molecule has 13 heteroatoms. The highest BCUT2D eigenvalue weighted by atomic mass is 32.2. The van der Waals surface area contributed by atoms with Crippen LogP contribution in [0.25, 0.3) is 17.3 Å². The number of aliphatic hydroxyl groups is 1. The molecule has 0 saturated heterocycles. The molecule has 0 spiro atoms. The Kier molecular flexibility index (Phi) is 7.38. The van der Waals surface area contributed by atoms with Gasteiger partial charge in [-0.25, -0.2) is 8.42 Å². The fourth-order valence-electron chi connectivity index (χ4n) is 3.82. The molecule has 12 nitrogen and oxygen atoms in total. The van der Waals surface area contributed by atoms with E-state index in [1.54, 1.807) is 44.2 Å². The molecule has 4 aromatic rings. The Morgan fingerprint density at radius 1 is 1.08 bits per heavy atom. The summed E-state index contributed by atoms with van der Waals surface area (Å²) in [4.78, 5) is 4.20. The Bertz CT molecular complexity index is 1600. The molecule has 0 amide bonds. The van der Waals surface area contributed by atoms with Gasteiger partial charge in [0.15, 0.2) is 5.76 Å². The summed E-state index contributed by atoms with van der Waals surface area (Å²) < 4.78 is 47.6. The number of benzene rings is 1. The molecule has 3 heterocycles. The van der Waals surface area contributed by atoms with Crippen molar-refractivity contribution in [2.24, 2.45) is 0 Å². The normalized spacial score (nSPS) is 13.0. The Labute approximate surface area is 219 Å². The summed E-state index contributed by atoms with van der Waals surface area (Å²) in [5.41, 5.74) is 1.15. The van der Waals surface area contributed by atoms with Crippen LogP contribution < -0.4 is 14.2 Å². The number of rotatable bonds is 9. The molecular weight excluding hydrogens is 512 g/mol. The molecule has 0 radical (unpaired) electrons. The van der Waals surface area contributed by atoms with E-state index < -0.39 is 21.4 Å². The number of para-hydroxylation sites is 1. The largest absolute Gasteiger partial charge is 0.494 e. The molecule has 0 aliphatic rings. The van der Waals surface area contributed by atoms with Crippen LogP contribution in [0.1, 0.15) is 35.7 Å². The van der Waals surface area contributed by atoms with Gasteiger partial charge in [0.2, 0.25) is 21.8 Å². The van der Waals surface area contributed by atoms with E-state index in [4.69, 9.17) is 19.2 Å². The van der Waals surface area contributed by atoms with Gasteiger partial charge >= 0.3 is 0 Å². The number of pyridine rings is 1. The minimum atomic E-state index is -4.26. The van der Waals surface area contributed by atoms with Gasteiger partial charge in [0.1, 0.15) is 40.4 Å². The summed E-state index contributed by atoms with van der Waals surface area (Å²) in [5.74, 6) is 1.68. The highest BCUT2D eigenvalue weighted by Crippen LogP contribution is 2.38. The standard InChI is InChI=1S/C25H26N6O6S/c1-14-9-12-21(37-14)24-28-29-25(31(24)22-19(35-4)7-6-8-20(22)36-5)30-38(33,34)16(3)23(32)18-11-10-17(13-26)15(2)27-18/h6-12,16,23,32H,1-5H3,(H,29,30). The van der Waals surface area contributed by atoms with Gasteiger partial charge in [-0.15, -0.1) is 10.2 Å². The molecule has 0 bridgehead atoms. The highest BCUT2D eigenvalue weighted by molar-refractivity contribution is 7.93. The average molecular weight is 539 g/mol. The van der Waals surface area contributed by atoms with Crippen LogP contribution in [0, 0.1) is 25.2 Å². The van der Waals surface area contributed by atoms with E-state index in [9.17, 15) is 13.5 Å². The maximum Gasteiger partial charge on any atom is 0.243 e. The third kappa shape index (κ3) is 4.91. The second-order valence-corrected chi connectivity index (χ2v) is 10.4. The lowest BCUT2D eigenvalue weighted by Gasteiger charge is -2.21. The van der Waals surface area contributed by atoms with Gasteiger partial charge in [0.05, 0.1) is 31.2 Å². The number of sulfonamides is 1. The lowest BCUT2D eigenvalue weighted by molar-refractivity contribution is 0.171. The molecule has 1 aromatic carbocycles. The molecule has 0 aliphatic heterocycles. The van der Waals surface area contributed by atoms with Crippen LogP contribution in [0.2, 0.25) is 0 Å². The van der Waals surface area contributed by atoms with Crippen LogP contribution in [0.4, 0.5) is 5.95 Å². The molecule has 0 aliphatic carbocycles. The van der Waals surface area contributed by atoms with Crippen LogP contribution in [-0.4, -0.2) is 52.7 Å². The molecule has 38 heavy (non-hydrogen) atoms. The van der Waals surface area contributed by atoms with E-state index in [-0.39, 0.29) is 17.5 Å². The zero-order chi connectivity index (χ0) is 27.6. The van der Waals surface area contributed by atoms with Crippen molar-refractivity contribution in [1.29, 1.82) is 5.26 Å². The van der Waals surface area contributed by atoms with Gasteiger partial charge in [-0.2, -0.15) is 5.26 Å². The van der Waals surface area contributed by atoms with E-state index >= 15 is 0 Å². The van der Waals surface area contributed by atoms with Gasteiger partial charge in [-0.3, -0.25) is 14.3 Å². The summed E-state index contributed by atoms with van der Waals surface area (Å²) in [7, 11) is -1.33. The number of hydrogen-bond donors (Lipinski definition) is 2. The van der Waals surface area contributed by atoms with Crippen molar-refractivity contribution in [3.8, 4) is 34.8 Å². The van der Waals surface area contributed by atoms with E-state index in [0.717, 1.165) is 0 Å². The molecule has 0 saturated carbocycles. The quantitative estimate of drug-likeness (QED) is 0.323. The third-order valence-corrected chi connectivity index (χ3v) is 7.65. The Morgan fingerprint density at radius 3 is 2.32 bits per heavy atom. The Hall–Kier alpha value is -4.41. The number of nitriles is 1. The Balaban J connectivity index is 1.80. The van der Waals surface area contributed by atoms with Crippen molar-refractivity contribution in [3.63, 3.8) is 0 Å². The fraction of sp³-hybridized carbons (Fsp3) is 0.280. The van der Waals surface area contributed by atoms with Crippen molar-refractivity contribution in [1.82, 2.24) is 19.7 Å². The number of ether oxygens (including phenoxy) is 2. The van der Waals surface area contributed by atoms with Crippen LogP contribution in [0.3, 0.4) is 0 Å². The van der Waals surface area contributed by atoms with Crippen LogP contribution in [0.5, 0.6) is 11.5 Å². The third-order valence-electron chi connectivity index (χ3n) is 5.95. The zero-order valence-corrected chi connectivity index (χ0v) is 22.1. The smallest absolute Gasteiger partial charge is 0.243 e. The number of aryl methyl sites for hydroxylation is 2. The van der Waals surface area contributed by atoms with E-state index in [1.807, 2.05) is 6.07 Å². The van der Waals surface area contributed by atoms with Crippen molar-refractivity contribution >= 4 is 16.0 Å². The summed E-state index contributed by atoms with van der Waals surface area (Å²) in [6.07, 6.45) is -1.50. The predicted molar refractivity (Wildman–Crippen MR) is 138 cm³/mol. The molecule has 2 N–H and O–H groups in total. The highest BCUT2D eigenvalue weighted by Gasteiger charge is 2.33. The molecule has 198 valence electrons. The molecule has 2 unspecified atom stereocenters. The minimum absolute atomic E-state index is 0.110. The number of aliphatic hydroxyl groups excluding tert-OH is 1. The number of nitrogens with zero attached hydrogens (tertiary/aromatic N) is 5. The van der Waals surface area contributed by atoms with Crippen molar-refractivity contribution in [3.05, 3.63) is 65.2 Å². The summed E-state index contributed by atoms with van der Waals surface area (Å²) in [5, 5.41) is 26.9. The number of aromatic nitrogens is 4.